The van der Waals surface area contributed by atoms with Crippen molar-refractivity contribution in [2.75, 3.05) is 19.8 Å². The third-order valence-electron chi connectivity index (χ3n) is 13.9. The maximum Gasteiger partial charge on any atom is 0.413 e. The average Bonchev–Trinajstić information content (AvgIpc) is 3.22. The number of likely N-dealkylation sites (tertiary alicyclic amines) is 1. The molecule has 54 heavy (non-hydrogen) atoms. The molecule has 0 aromatic heterocycles. The number of amides is 4. The van der Waals surface area contributed by atoms with Crippen LogP contribution in [0.5, 0.6) is 0 Å². The smallest absolute Gasteiger partial charge is 0.413 e. The fourth-order valence-corrected chi connectivity index (χ4v) is 10.5. The lowest BCUT2D eigenvalue weighted by Gasteiger charge is -2.47. The normalized spacial score (nSPS) is 27.9. The summed E-state index contributed by atoms with van der Waals surface area (Å²) >= 11 is 0. The average molecular weight is 751 g/mol. The van der Waals surface area contributed by atoms with Crippen molar-refractivity contribution < 1.29 is 28.7 Å². The fourth-order valence-electron chi connectivity index (χ4n) is 10.5. The van der Waals surface area contributed by atoms with Gasteiger partial charge >= 0.3 is 12.2 Å². The van der Waals surface area contributed by atoms with Crippen molar-refractivity contribution in [2.24, 2.45) is 46.4 Å². The molecule has 6 fully saturated rings. The highest BCUT2D eigenvalue weighted by molar-refractivity contribution is 6.03. The van der Waals surface area contributed by atoms with Gasteiger partial charge in [-0.3, -0.25) is 30.1 Å². The third-order valence-corrected chi connectivity index (χ3v) is 13.9. The Morgan fingerprint density at radius 3 is 1.69 bits per heavy atom. The van der Waals surface area contributed by atoms with Crippen LogP contribution < -0.4 is 10.6 Å². The summed E-state index contributed by atoms with van der Waals surface area (Å²) in [5.41, 5.74) is 0. The predicted molar refractivity (Wildman–Crippen MR) is 211 cm³/mol. The molecule has 6 rings (SSSR count). The van der Waals surface area contributed by atoms with Gasteiger partial charge in [-0.15, -0.1) is 0 Å². The van der Waals surface area contributed by atoms with Gasteiger partial charge in [-0.2, -0.15) is 0 Å². The second-order valence-electron chi connectivity index (χ2n) is 17.8. The molecule has 302 valence electrons. The van der Waals surface area contributed by atoms with Crippen molar-refractivity contribution in [2.45, 2.75) is 173 Å². The second kappa shape index (κ2) is 21.4. The lowest BCUT2D eigenvalue weighted by Crippen LogP contribution is -2.63. The number of rotatable bonds is 12. The molecule has 0 aromatic carbocycles. The molecule has 2 N–H and O–H groups in total. The monoisotopic (exact) mass is 751 g/mol. The summed E-state index contributed by atoms with van der Waals surface area (Å²) in [4.78, 5) is 59.4. The molecule has 0 spiro atoms. The van der Waals surface area contributed by atoms with Crippen LogP contribution in [0.4, 0.5) is 9.59 Å². The highest BCUT2D eigenvalue weighted by Gasteiger charge is 2.50. The van der Waals surface area contributed by atoms with Gasteiger partial charge in [0.15, 0.2) is 0 Å². The molecular formula is C44H70N4O6. The lowest BCUT2D eigenvalue weighted by atomic mass is 9.70. The molecule has 1 saturated heterocycles. The zero-order chi connectivity index (χ0) is 37.5. The van der Waals surface area contributed by atoms with Gasteiger partial charge in [0.05, 0.1) is 25.2 Å². The molecule has 5 aliphatic carbocycles. The Balaban J connectivity index is 1.03. The van der Waals surface area contributed by atoms with Gasteiger partial charge in [0, 0.05) is 12.5 Å². The summed E-state index contributed by atoms with van der Waals surface area (Å²) < 4.78 is 11.1. The van der Waals surface area contributed by atoms with E-state index < -0.39 is 12.2 Å². The lowest BCUT2D eigenvalue weighted by molar-refractivity contribution is -0.166. The zero-order valence-corrected chi connectivity index (χ0v) is 33.1. The standard InChI is InChI=1S/C44H70N4O6/c49-40(37-26-24-36(25-27-37)35-20-11-4-12-21-35)48-39(28-23-32-14-5-1-6-15-32)38(41(48)50)22-13-29-45-42(46-43(51)53-30-33-16-7-2-8-17-33)47-44(52)54-31-34-18-9-3-10-19-34/h23,28,32-39H,1-22,24-27,29-31H2,(H2,45,46,47,51,52)/t36?,37?,38-,39-/m1/s1. The Hall–Kier alpha value is -2.91. The molecule has 1 heterocycles. The number of nitrogens with one attached hydrogen (secondary N) is 2. The van der Waals surface area contributed by atoms with E-state index in [2.05, 4.69) is 27.8 Å². The van der Waals surface area contributed by atoms with E-state index in [9.17, 15) is 19.2 Å². The first-order valence-corrected chi connectivity index (χ1v) is 22.4. The molecule has 6 aliphatic rings. The summed E-state index contributed by atoms with van der Waals surface area (Å²) in [7, 11) is 0. The number of imide groups is 1. The number of carbonyl (C=O) groups is 4. The van der Waals surface area contributed by atoms with Crippen molar-refractivity contribution >= 4 is 30.0 Å². The van der Waals surface area contributed by atoms with Gasteiger partial charge in [-0.05, 0) is 107 Å². The number of hydrogen-bond acceptors (Lipinski definition) is 7. The molecule has 0 unspecified atom stereocenters. The van der Waals surface area contributed by atoms with Crippen LogP contribution in [-0.2, 0) is 19.1 Å². The Bertz CT molecular complexity index is 1230. The van der Waals surface area contributed by atoms with Crippen molar-refractivity contribution in [3.05, 3.63) is 12.2 Å². The largest absolute Gasteiger partial charge is 0.449 e. The second-order valence-corrected chi connectivity index (χ2v) is 17.8. The first-order valence-electron chi connectivity index (χ1n) is 22.4. The summed E-state index contributed by atoms with van der Waals surface area (Å²) in [6, 6.07) is -0.216. The summed E-state index contributed by atoms with van der Waals surface area (Å²) in [6.45, 7) is 0.993. The summed E-state index contributed by atoms with van der Waals surface area (Å²) in [6.07, 6.45) is 32.5. The molecular weight excluding hydrogens is 681 g/mol. The van der Waals surface area contributed by atoms with Crippen molar-refractivity contribution in [3.8, 4) is 0 Å². The number of carbonyl (C=O) groups excluding carboxylic acids is 4. The van der Waals surface area contributed by atoms with E-state index in [1.54, 1.807) is 4.90 Å². The SMILES string of the molecule is O=C(NC(=NCCC[C@H]1C(=O)N(C(=O)C2CCC(C3CCCCC3)CC2)[C@@H]1C=CC1CCCCC1)NC(=O)OCC1CCCCC1)OCC1CCCCC1. The van der Waals surface area contributed by atoms with E-state index in [1.807, 2.05) is 0 Å². The first kappa shape index (κ1) is 40.7. The number of alkyl carbamates (subject to hydrolysis) is 2. The maximum absolute atomic E-state index is 14.0. The van der Waals surface area contributed by atoms with E-state index in [-0.39, 0.29) is 35.7 Å². The number of hydrogen-bond donors (Lipinski definition) is 2. The van der Waals surface area contributed by atoms with Gasteiger partial charge in [0.2, 0.25) is 17.8 Å². The van der Waals surface area contributed by atoms with Crippen LogP contribution in [0, 0.1) is 41.4 Å². The molecule has 10 heteroatoms. The van der Waals surface area contributed by atoms with Crippen LogP contribution >= 0.6 is 0 Å². The highest BCUT2D eigenvalue weighted by atomic mass is 16.6. The highest BCUT2D eigenvalue weighted by Crippen LogP contribution is 2.42. The molecule has 2 atom stereocenters. The van der Waals surface area contributed by atoms with Gasteiger partial charge in [-0.25, -0.2) is 9.59 Å². The minimum Gasteiger partial charge on any atom is -0.449 e. The van der Waals surface area contributed by atoms with E-state index in [1.165, 1.54) is 77.0 Å². The molecule has 0 aromatic rings. The topological polar surface area (TPSA) is 126 Å². The maximum atomic E-state index is 14.0. The number of nitrogens with zero attached hydrogens (tertiary/aromatic N) is 2. The number of ether oxygens (including phenoxy) is 2. The quantitative estimate of drug-likeness (QED) is 0.0511. The van der Waals surface area contributed by atoms with Gasteiger partial charge in [-0.1, -0.05) is 102 Å². The van der Waals surface area contributed by atoms with Crippen LogP contribution in [0.25, 0.3) is 0 Å². The predicted octanol–water partition coefficient (Wildman–Crippen LogP) is 9.61. The molecule has 0 bridgehead atoms. The fraction of sp³-hybridized carbons (Fsp3) is 0.841. The molecule has 0 radical (unpaired) electrons. The summed E-state index contributed by atoms with van der Waals surface area (Å²) in [5.74, 6) is 2.45. The van der Waals surface area contributed by atoms with E-state index in [4.69, 9.17) is 9.47 Å². The summed E-state index contributed by atoms with van der Waals surface area (Å²) in [5, 5.41) is 5.29. The minimum atomic E-state index is -0.643. The van der Waals surface area contributed by atoms with Crippen LogP contribution in [0.15, 0.2) is 17.1 Å². The van der Waals surface area contributed by atoms with E-state index >= 15 is 0 Å². The Kier molecular flexibility index (Phi) is 16.2. The van der Waals surface area contributed by atoms with Gasteiger partial charge < -0.3 is 9.47 Å². The number of allylic oxidation sites excluding steroid dienone is 1. The third kappa shape index (κ3) is 12.0. The first-order chi connectivity index (χ1) is 26.4. The van der Waals surface area contributed by atoms with E-state index in [0.29, 0.717) is 50.4 Å². The number of aliphatic imine (C=N–C) groups is 1. The number of guanidine groups is 1. The van der Waals surface area contributed by atoms with Crippen LogP contribution in [0.1, 0.15) is 167 Å². The molecule has 10 nitrogen and oxygen atoms in total. The Morgan fingerprint density at radius 1 is 0.630 bits per heavy atom. The van der Waals surface area contributed by atoms with E-state index in [0.717, 1.165) is 88.9 Å². The molecule has 1 aliphatic heterocycles. The Morgan fingerprint density at radius 2 is 1.13 bits per heavy atom. The van der Waals surface area contributed by atoms with Crippen LogP contribution in [-0.4, -0.2) is 60.7 Å². The van der Waals surface area contributed by atoms with Gasteiger partial charge in [0.1, 0.15) is 0 Å². The van der Waals surface area contributed by atoms with Crippen molar-refractivity contribution in [3.63, 3.8) is 0 Å². The molecule has 5 saturated carbocycles. The zero-order valence-electron chi connectivity index (χ0n) is 33.1. The molecule has 4 amide bonds. The van der Waals surface area contributed by atoms with Crippen molar-refractivity contribution in [1.29, 1.82) is 0 Å². The number of β-lactam (4-membered cyclic amide) rings is 1. The van der Waals surface area contributed by atoms with Crippen molar-refractivity contribution in [1.82, 2.24) is 15.5 Å². The van der Waals surface area contributed by atoms with Crippen LogP contribution in [0.2, 0.25) is 0 Å². The Labute approximate surface area is 324 Å². The van der Waals surface area contributed by atoms with Crippen LogP contribution in [0.3, 0.4) is 0 Å². The van der Waals surface area contributed by atoms with Gasteiger partial charge in [0.25, 0.3) is 0 Å². The minimum absolute atomic E-state index is 0.00611.